The van der Waals surface area contributed by atoms with Gasteiger partial charge in [-0.05, 0) is 85.7 Å². The van der Waals surface area contributed by atoms with Crippen LogP contribution in [0.15, 0.2) is 34.8 Å². The number of carboxylic acids is 1. The van der Waals surface area contributed by atoms with Crippen LogP contribution in [0.25, 0.3) is 0 Å². The number of methoxy groups -OCH3 is 1. The Morgan fingerprint density at radius 2 is 2.20 bits per heavy atom. The van der Waals surface area contributed by atoms with Crippen LogP contribution in [0.5, 0.6) is 5.75 Å². The Kier molecular flexibility index (Phi) is 4.14. The van der Waals surface area contributed by atoms with Crippen LogP contribution in [0.1, 0.15) is 43.2 Å². The number of aliphatic carboxylic acids is 1. The molecule has 2 saturated carbocycles. The molecule has 30 heavy (non-hydrogen) atoms. The highest BCUT2D eigenvalue weighted by molar-refractivity contribution is 6.03. The van der Waals surface area contributed by atoms with E-state index in [0.29, 0.717) is 18.5 Å². The van der Waals surface area contributed by atoms with Gasteiger partial charge in [0.05, 0.1) is 19.6 Å². The zero-order valence-corrected chi connectivity index (χ0v) is 17.6. The molecule has 3 fully saturated rings. The van der Waals surface area contributed by atoms with E-state index in [1.807, 2.05) is 6.08 Å². The summed E-state index contributed by atoms with van der Waals surface area (Å²) < 4.78 is 5.61. The molecule has 1 aromatic carbocycles. The smallest absolute Gasteiger partial charge is 0.312 e. The average molecular weight is 407 g/mol. The van der Waals surface area contributed by atoms with Gasteiger partial charge < -0.3 is 9.84 Å². The van der Waals surface area contributed by atoms with Gasteiger partial charge in [-0.15, -0.1) is 0 Å². The number of carboxylic acid groups (broad SMARTS) is 1. The number of hydrogen-bond donors (Lipinski definition) is 1. The lowest BCUT2D eigenvalue weighted by Crippen LogP contribution is -2.62. The molecule has 4 atom stereocenters. The maximum Gasteiger partial charge on any atom is 0.312 e. The van der Waals surface area contributed by atoms with E-state index in [2.05, 4.69) is 23.1 Å². The van der Waals surface area contributed by atoms with Gasteiger partial charge in [-0.2, -0.15) is 0 Å². The minimum atomic E-state index is -0.750. The van der Waals surface area contributed by atoms with Crippen LogP contribution in [0, 0.1) is 17.8 Å². The zero-order valence-electron chi connectivity index (χ0n) is 17.6. The van der Waals surface area contributed by atoms with Crippen molar-refractivity contribution in [2.75, 3.05) is 26.7 Å². The number of likely N-dealkylation sites (tertiary alicyclic amines) is 1. The van der Waals surface area contributed by atoms with Crippen LogP contribution in [-0.4, -0.2) is 54.5 Å². The fourth-order valence-electron chi connectivity index (χ4n) is 6.72. The molecule has 1 N–H and O–H groups in total. The number of ether oxygens (including phenoxy) is 1. The molecule has 1 saturated heterocycles. The van der Waals surface area contributed by atoms with Crippen molar-refractivity contribution in [3.8, 4) is 5.75 Å². The number of carbonyl (C=O) groups is 1. The van der Waals surface area contributed by atoms with Gasteiger partial charge in [0.25, 0.3) is 0 Å². The molecule has 3 aliphatic carbocycles. The number of hydrogen-bond acceptors (Lipinski definition) is 4. The second kappa shape index (κ2) is 6.68. The van der Waals surface area contributed by atoms with Crippen LogP contribution in [-0.2, 0) is 16.6 Å². The molecule has 6 rings (SSSR count). The normalized spacial score (nSPS) is 34.8. The highest BCUT2D eigenvalue weighted by Gasteiger charge is 2.56. The van der Waals surface area contributed by atoms with E-state index < -0.39 is 11.9 Å². The number of nitrogens with zero attached hydrogens (tertiary/aromatic N) is 2. The number of dihydropyridines is 1. The minimum absolute atomic E-state index is 0.110. The first-order valence-corrected chi connectivity index (χ1v) is 11.5. The first-order valence-electron chi connectivity index (χ1n) is 11.5. The molecule has 1 aromatic rings. The SMILES string of the molecule is COc1ccc2c(c1)C13CCN(CC4CC4)C(C2)C1CC1=CC(C(=O)O)CN=C1C3. The Labute approximate surface area is 177 Å². The number of allylic oxidation sites excluding steroid dienone is 1. The first kappa shape index (κ1) is 18.6. The third-order valence-electron chi connectivity index (χ3n) is 8.45. The molecule has 0 radical (unpaired) electrons. The monoisotopic (exact) mass is 406 g/mol. The van der Waals surface area contributed by atoms with Crippen molar-refractivity contribution in [1.29, 1.82) is 0 Å². The molecular formula is C25H30N2O3. The van der Waals surface area contributed by atoms with Gasteiger partial charge in [-0.25, -0.2) is 0 Å². The third kappa shape index (κ3) is 2.78. The first-order chi connectivity index (χ1) is 14.6. The van der Waals surface area contributed by atoms with Crippen LogP contribution in [0.2, 0.25) is 0 Å². The largest absolute Gasteiger partial charge is 0.497 e. The Hall–Kier alpha value is -2.14. The number of piperidine rings is 1. The lowest BCUT2D eigenvalue weighted by atomic mass is 9.51. The summed E-state index contributed by atoms with van der Waals surface area (Å²) in [5.74, 6) is 1.15. The fourth-order valence-corrected chi connectivity index (χ4v) is 6.72. The fraction of sp³-hybridized carbons (Fsp3) is 0.600. The summed E-state index contributed by atoms with van der Waals surface area (Å²) in [6.07, 6.45) is 8.95. The number of aliphatic imine (C=N–C) groups is 1. The Balaban J connectivity index is 1.44. The van der Waals surface area contributed by atoms with Gasteiger partial charge in [-0.3, -0.25) is 14.7 Å². The van der Waals surface area contributed by atoms with Crippen molar-refractivity contribution in [3.05, 3.63) is 41.0 Å². The van der Waals surface area contributed by atoms with E-state index in [0.717, 1.165) is 43.1 Å². The van der Waals surface area contributed by atoms with Crippen LogP contribution >= 0.6 is 0 Å². The second-order valence-electron chi connectivity index (χ2n) is 10.1. The third-order valence-corrected chi connectivity index (χ3v) is 8.45. The maximum atomic E-state index is 11.6. The van der Waals surface area contributed by atoms with Crippen molar-refractivity contribution < 1.29 is 14.6 Å². The summed E-state index contributed by atoms with van der Waals surface area (Å²) in [5, 5.41) is 9.52. The maximum absolute atomic E-state index is 11.6. The quantitative estimate of drug-likeness (QED) is 0.832. The Bertz CT molecular complexity index is 963. The lowest BCUT2D eigenvalue weighted by molar-refractivity contribution is -0.139. The summed E-state index contributed by atoms with van der Waals surface area (Å²) in [5.41, 5.74) is 5.42. The van der Waals surface area contributed by atoms with E-state index in [4.69, 9.17) is 9.73 Å². The molecule has 5 aliphatic rings. The summed E-state index contributed by atoms with van der Waals surface area (Å²) in [4.78, 5) is 19.2. The van der Waals surface area contributed by atoms with Crippen molar-refractivity contribution in [2.45, 2.75) is 50.0 Å². The van der Waals surface area contributed by atoms with Gasteiger partial charge >= 0.3 is 5.97 Å². The van der Waals surface area contributed by atoms with E-state index in [-0.39, 0.29) is 5.41 Å². The number of rotatable bonds is 4. The predicted octanol–water partition coefficient (Wildman–Crippen LogP) is 3.47. The molecule has 0 amide bonds. The van der Waals surface area contributed by atoms with E-state index in [9.17, 15) is 9.90 Å². The van der Waals surface area contributed by atoms with E-state index >= 15 is 0 Å². The van der Waals surface area contributed by atoms with Gasteiger partial charge in [0.1, 0.15) is 5.75 Å². The molecule has 4 unspecified atom stereocenters. The molecule has 5 nitrogen and oxygen atoms in total. The minimum Gasteiger partial charge on any atom is -0.497 e. The van der Waals surface area contributed by atoms with Gasteiger partial charge in [0.2, 0.25) is 0 Å². The summed E-state index contributed by atoms with van der Waals surface area (Å²) in [6, 6.07) is 7.23. The molecule has 0 spiro atoms. The molecule has 158 valence electrons. The Morgan fingerprint density at radius 1 is 1.33 bits per heavy atom. The predicted molar refractivity (Wildman–Crippen MR) is 115 cm³/mol. The topological polar surface area (TPSA) is 62.1 Å². The van der Waals surface area contributed by atoms with Crippen molar-refractivity contribution in [1.82, 2.24) is 4.90 Å². The Morgan fingerprint density at radius 3 is 2.97 bits per heavy atom. The molecule has 2 heterocycles. The summed E-state index contributed by atoms with van der Waals surface area (Å²) >= 11 is 0. The van der Waals surface area contributed by atoms with Gasteiger partial charge in [0.15, 0.2) is 0 Å². The second-order valence-corrected chi connectivity index (χ2v) is 10.1. The number of fused-ring (bicyclic) bond motifs is 2. The standard InChI is InChI=1S/C25H30N2O3/c1-30-19-5-4-16-10-23-21-9-17-8-18(24(28)29)13-26-22(17)12-25(21,20(16)11-19)6-7-27(23)14-15-2-3-15/h4-5,8,11,15,18,21,23H,2-3,6-7,9-10,12-14H2,1H3,(H,28,29). The summed E-state index contributed by atoms with van der Waals surface area (Å²) in [7, 11) is 1.75. The summed E-state index contributed by atoms with van der Waals surface area (Å²) in [6.45, 7) is 2.79. The molecule has 0 aromatic heterocycles. The van der Waals surface area contributed by atoms with Gasteiger partial charge in [0, 0.05) is 23.7 Å². The van der Waals surface area contributed by atoms with Crippen LogP contribution in [0.3, 0.4) is 0 Å². The van der Waals surface area contributed by atoms with Crippen molar-refractivity contribution in [3.63, 3.8) is 0 Å². The molecular weight excluding hydrogens is 376 g/mol. The lowest BCUT2D eigenvalue weighted by Gasteiger charge is -2.59. The van der Waals surface area contributed by atoms with Crippen LogP contribution < -0.4 is 4.74 Å². The van der Waals surface area contributed by atoms with E-state index in [1.165, 1.54) is 42.6 Å². The van der Waals surface area contributed by atoms with Crippen LogP contribution in [0.4, 0.5) is 0 Å². The highest BCUT2D eigenvalue weighted by atomic mass is 16.5. The van der Waals surface area contributed by atoms with Crippen molar-refractivity contribution >= 4 is 11.7 Å². The molecule has 2 aliphatic heterocycles. The number of benzene rings is 1. The highest BCUT2D eigenvalue weighted by Crippen LogP contribution is 2.57. The average Bonchev–Trinajstić information content (AvgIpc) is 3.57. The van der Waals surface area contributed by atoms with E-state index in [1.54, 1.807) is 7.11 Å². The molecule has 5 heteroatoms. The molecule has 2 bridgehead atoms. The van der Waals surface area contributed by atoms with Gasteiger partial charge in [-0.1, -0.05) is 12.1 Å². The van der Waals surface area contributed by atoms with Crippen molar-refractivity contribution in [2.24, 2.45) is 22.7 Å². The zero-order chi connectivity index (χ0) is 20.5.